The summed E-state index contributed by atoms with van der Waals surface area (Å²) in [6, 6.07) is 17.2. The molecule has 4 N–H and O–H groups in total. The van der Waals surface area contributed by atoms with Gasteiger partial charge in [-0.1, -0.05) is 48.0 Å². The van der Waals surface area contributed by atoms with Crippen LogP contribution in [-0.2, 0) is 12.0 Å². The highest BCUT2D eigenvalue weighted by Gasteiger charge is 2.42. The molecule has 1 heterocycles. The van der Waals surface area contributed by atoms with E-state index in [9.17, 15) is 9.18 Å². The van der Waals surface area contributed by atoms with Crippen molar-refractivity contribution in [1.82, 2.24) is 0 Å². The Labute approximate surface area is 166 Å². The maximum Gasteiger partial charge on any atom is 0.249 e. The standard InChI is InChI=1S/C22H18ClFN2O2/c23-16-9-10-18-15(11-22(12-25,28-18)13-5-2-1-3-6-13)19(16)20-14(21(26)27)7-4-8-17(20)24/h1-10H,11-12,25H2,(H2,26,27)/t22-/m0/s1. The van der Waals surface area contributed by atoms with Gasteiger partial charge >= 0.3 is 0 Å². The van der Waals surface area contributed by atoms with Gasteiger partial charge in [0.1, 0.15) is 11.6 Å². The Kier molecular flexibility index (Phi) is 4.57. The zero-order valence-electron chi connectivity index (χ0n) is 14.9. The summed E-state index contributed by atoms with van der Waals surface area (Å²) in [5.41, 5.74) is 13.0. The molecule has 1 aliphatic rings. The number of fused-ring (bicyclic) bond motifs is 1. The molecule has 0 saturated carbocycles. The summed E-state index contributed by atoms with van der Waals surface area (Å²) >= 11 is 6.47. The fourth-order valence-corrected chi connectivity index (χ4v) is 4.06. The topological polar surface area (TPSA) is 78.3 Å². The Balaban J connectivity index is 1.94. The van der Waals surface area contributed by atoms with Crippen LogP contribution >= 0.6 is 11.6 Å². The number of benzene rings is 3. The lowest BCUT2D eigenvalue weighted by Gasteiger charge is -2.27. The molecule has 0 aliphatic carbocycles. The van der Waals surface area contributed by atoms with Gasteiger partial charge in [0.15, 0.2) is 5.60 Å². The van der Waals surface area contributed by atoms with Crippen LogP contribution in [0.25, 0.3) is 11.1 Å². The van der Waals surface area contributed by atoms with E-state index in [0.29, 0.717) is 28.3 Å². The van der Waals surface area contributed by atoms with Crippen molar-refractivity contribution in [3.63, 3.8) is 0 Å². The maximum atomic E-state index is 14.8. The summed E-state index contributed by atoms with van der Waals surface area (Å²) in [4.78, 5) is 11.9. The number of hydrogen-bond donors (Lipinski definition) is 2. The molecule has 1 atom stereocenters. The molecule has 0 spiro atoms. The molecule has 0 bridgehead atoms. The molecule has 3 aromatic carbocycles. The molecule has 3 aromatic rings. The fourth-order valence-electron chi connectivity index (χ4n) is 3.79. The third kappa shape index (κ3) is 2.84. The summed E-state index contributed by atoms with van der Waals surface area (Å²) < 4.78 is 21.1. The number of hydrogen-bond acceptors (Lipinski definition) is 3. The molecule has 142 valence electrons. The van der Waals surface area contributed by atoms with Crippen molar-refractivity contribution in [3.8, 4) is 16.9 Å². The Hall–Kier alpha value is -2.89. The second-order valence-corrected chi connectivity index (χ2v) is 7.18. The second kappa shape index (κ2) is 6.93. The van der Waals surface area contributed by atoms with Crippen molar-refractivity contribution in [1.29, 1.82) is 0 Å². The average molecular weight is 397 g/mol. The van der Waals surface area contributed by atoms with Gasteiger partial charge < -0.3 is 16.2 Å². The summed E-state index contributed by atoms with van der Waals surface area (Å²) in [7, 11) is 0. The molecule has 6 heteroatoms. The van der Waals surface area contributed by atoms with E-state index in [2.05, 4.69) is 0 Å². The molecule has 0 unspecified atom stereocenters. The first-order valence-corrected chi connectivity index (χ1v) is 9.19. The van der Waals surface area contributed by atoms with E-state index in [1.54, 1.807) is 12.1 Å². The zero-order valence-corrected chi connectivity index (χ0v) is 15.7. The van der Waals surface area contributed by atoms with Crippen LogP contribution in [0.15, 0.2) is 60.7 Å². The van der Waals surface area contributed by atoms with Gasteiger partial charge in [-0.05, 0) is 29.8 Å². The maximum absolute atomic E-state index is 14.8. The predicted molar refractivity (Wildman–Crippen MR) is 107 cm³/mol. The van der Waals surface area contributed by atoms with E-state index >= 15 is 0 Å². The lowest BCUT2D eigenvalue weighted by Crippen LogP contribution is -2.39. The third-order valence-electron chi connectivity index (χ3n) is 5.15. The Morgan fingerprint density at radius 2 is 1.82 bits per heavy atom. The molecule has 4 nitrogen and oxygen atoms in total. The molecule has 0 aromatic heterocycles. The van der Waals surface area contributed by atoms with Crippen LogP contribution in [-0.4, -0.2) is 12.5 Å². The number of ether oxygens (including phenoxy) is 1. The Morgan fingerprint density at radius 1 is 1.07 bits per heavy atom. The Morgan fingerprint density at radius 3 is 2.50 bits per heavy atom. The highest BCUT2D eigenvalue weighted by Crippen LogP contribution is 2.48. The Bertz CT molecular complexity index is 1070. The van der Waals surface area contributed by atoms with Crippen molar-refractivity contribution in [3.05, 3.63) is 88.2 Å². The molecule has 0 radical (unpaired) electrons. The quantitative estimate of drug-likeness (QED) is 0.698. The number of carbonyl (C=O) groups excluding carboxylic acids is 1. The van der Waals surface area contributed by atoms with Crippen LogP contribution in [0.3, 0.4) is 0 Å². The molecule has 28 heavy (non-hydrogen) atoms. The van der Waals surface area contributed by atoms with E-state index in [4.69, 9.17) is 27.8 Å². The average Bonchev–Trinajstić information content (AvgIpc) is 3.09. The summed E-state index contributed by atoms with van der Waals surface area (Å²) in [6.07, 6.45) is 0.394. The summed E-state index contributed by atoms with van der Waals surface area (Å²) in [6.45, 7) is 0.225. The van der Waals surface area contributed by atoms with Gasteiger partial charge in [-0.3, -0.25) is 4.79 Å². The molecular weight excluding hydrogens is 379 g/mol. The van der Waals surface area contributed by atoms with Crippen LogP contribution in [0.2, 0.25) is 5.02 Å². The van der Waals surface area contributed by atoms with Gasteiger partial charge in [0, 0.05) is 40.2 Å². The second-order valence-electron chi connectivity index (χ2n) is 6.77. The minimum Gasteiger partial charge on any atom is -0.481 e. The van der Waals surface area contributed by atoms with Crippen molar-refractivity contribution in [2.75, 3.05) is 6.54 Å². The lowest BCUT2D eigenvalue weighted by molar-refractivity contribution is 0.1000. The number of amides is 1. The molecule has 0 saturated heterocycles. The molecule has 1 aliphatic heterocycles. The van der Waals surface area contributed by atoms with E-state index < -0.39 is 17.3 Å². The van der Waals surface area contributed by atoms with Crippen LogP contribution in [0.5, 0.6) is 5.75 Å². The van der Waals surface area contributed by atoms with E-state index in [0.717, 1.165) is 5.56 Å². The molecule has 4 rings (SSSR count). The highest BCUT2D eigenvalue weighted by molar-refractivity contribution is 6.34. The molecule has 1 amide bonds. The lowest BCUT2D eigenvalue weighted by atomic mass is 9.85. The minimum absolute atomic E-state index is 0.0697. The first kappa shape index (κ1) is 18.5. The van der Waals surface area contributed by atoms with Crippen molar-refractivity contribution < 1.29 is 13.9 Å². The van der Waals surface area contributed by atoms with Gasteiger partial charge in [0.25, 0.3) is 0 Å². The zero-order chi connectivity index (χ0) is 19.9. The van der Waals surface area contributed by atoms with Crippen molar-refractivity contribution in [2.45, 2.75) is 12.0 Å². The SMILES string of the molecule is NC[C@]1(c2ccccc2)Cc2c(ccc(Cl)c2-c2c(F)cccc2C(N)=O)O1. The third-order valence-corrected chi connectivity index (χ3v) is 5.46. The number of halogens is 2. The van der Waals surface area contributed by atoms with Crippen LogP contribution < -0.4 is 16.2 Å². The number of primary amides is 1. The molecule has 0 fully saturated rings. The number of rotatable bonds is 4. The monoisotopic (exact) mass is 396 g/mol. The number of carbonyl (C=O) groups is 1. The first-order chi connectivity index (χ1) is 13.5. The van der Waals surface area contributed by atoms with Crippen LogP contribution in [0.4, 0.5) is 4.39 Å². The largest absolute Gasteiger partial charge is 0.481 e. The molecular formula is C22H18ClFN2O2. The smallest absolute Gasteiger partial charge is 0.249 e. The van der Waals surface area contributed by atoms with Gasteiger partial charge in [0.05, 0.1) is 0 Å². The summed E-state index contributed by atoms with van der Waals surface area (Å²) in [5, 5.41) is 0.316. The first-order valence-electron chi connectivity index (χ1n) is 8.81. The summed E-state index contributed by atoms with van der Waals surface area (Å²) in [5.74, 6) is -0.737. The fraction of sp³-hybridized carbons (Fsp3) is 0.136. The van der Waals surface area contributed by atoms with Crippen molar-refractivity contribution in [2.24, 2.45) is 11.5 Å². The normalized spacial score (nSPS) is 17.8. The number of nitrogens with two attached hydrogens (primary N) is 2. The van der Waals surface area contributed by atoms with Crippen LogP contribution in [0.1, 0.15) is 21.5 Å². The van der Waals surface area contributed by atoms with Gasteiger partial charge in [-0.25, -0.2) is 4.39 Å². The van der Waals surface area contributed by atoms with E-state index in [1.165, 1.54) is 18.2 Å². The van der Waals surface area contributed by atoms with Gasteiger partial charge in [-0.15, -0.1) is 0 Å². The predicted octanol–water partition coefficient (Wildman–Crippen LogP) is 4.03. The van der Waals surface area contributed by atoms with E-state index in [-0.39, 0.29) is 17.7 Å². The van der Waals surface area contributed by atoms with Crippen LogP contribution in [0, 0.1) is 5.82 Å². The van der Waals surface area contributed by atoms with Gasteiger partial charge in [0.2, 0.25) is 5.91 Å². The van der Waals surface area contributed by atoms with Gasteiger partial charge in [-0.2, -0.15) is 0 Å². The van der Waals surface area contributed by atoms with Crippen molar-refractivity contribution >= 4 is 17.5 Å². The highest BCUT2D eigenvalue weighted by atomic mass is 35.5. The van der Waals surface area contributed by atoms with E-state index in [1.807, 2.05) is 30.3 Å². The minimum atomic E-state index is -0.791.